The van der Waals surface area contributed by atoms with Crippen molar-refractivity contribution in [1.29, 1.82) is 0 Å². The SMILES string of the molecule is CC1CC(NC(=O)c2ccc3c(=O)n(C)c(=O)n(C)c3n2)CCN1.Cl.Cl. The second kappa shape index (κ2) is 8.66. The molecule has 1 amide bonds. The van der Waals surface area contributed by atoms with Crippen LogP contribution in [0.15, 0.2) is 21.7 Å². The molecular weight excluding hydrogens is 381 g/mol. The number of pyridine rings is 1. The van der Waals surface area contributed by atoms with Crippen molar-refractivity contribution >= 4 is 41.8 Å². The molecule has 3 heterocycles. The van der Waals surface area contributed by atoms with Gasteiger partial charge in [0.1, 0.15) is 11.3 Å². The molecule has 144 valence electrons. The summed E-state index contributed by atoms with van der Waals surface area (Å²) in [5.74, 6) is -0.288. The largest absolute Gasteiger partial charge is 0.348 e. The van der Waals surface area contributed by atoms with Crippen molar-refractivity contribution in [2.45, 2.75) is 31.8 Å². The van der Waals surface area contributed by atoms with E-state index in [1.807, 2.05) is 0 Å². The van der Waals surface area contributed by atoms with E-state index in [0.29, 0.717) is 11.4 Å². The Balaban J connectivity index is 0.00000169. The maximum atomic E-state index is 12.4. The van der Waals surface area contributed by atoms with Crippen LogP contribution in [0.25, 0.3) is 11.0 Å². The molecule has 2 N–H and O–H groups in total. The monoisotopic (exact) mass is 403 g/mol. The second-order valence-electron chi connectivity index (χ2n) is 6.32. The Hall–Kier alpha value is -1.90. The number of nitrogens with one attached hydrogen (secondary N) is 2. The molecule has 2 unspecified atom stereocenters. The maximum absolute atomic E-state index is 12.4. The van der Waals surface area contributed by atoms with Gasteiger partial charge in [-0.25, -0.2) is 9.78 Å². The summed E-state index contributed by atoms with van der Waals surface area (Å²) in [7, 11) is 2.95. The zero-order valence-electron chi connectivity index (χ0n) is 14.8. The van der Waals surface area contributed by atoms with E-state index in [-0.39, 0.29) is 48.1 Å². The van der Waals surface area contributed by atoms with Gasteiger partial charge in [-0.05, 0) is 38.4 Å². The normalized spacial score (nSPS) is 19.3. The number of fused-ring (bicyclic) bond motifs is 1. The number of aryl methyl sites for hydroxylation is 1. The summed E-state index contributed by atoms with van der Waals surface area (Å²) in [4.78, 5) is 40.8. The third-order valence-corrected chi connectivity index (χ3v) is 4.49. The molecule has 2 atom stereocenters. The summed E-state index contributed by atoms with van der Waals surface area (Å²) in [5.41, 5.74) is -0.462. The Kier molecular flexibility index (Phi) is 7.37. The van der Waals surface area contributed by atoms with Gasteiger partial charge in [0.2, 0.25) is 0 Å². The van der Waals surface area contributed by atoms with E-state index in [4.69, 9.17) is 0 Å². The fourth-order valence-corrected chi connectivity index (χ4v) is 3.10. The molecule has 0 aliphatic carbocycles. The van der Waals surface area contributed by atoms with Crippen LogP contribution in [-0.2, 0) is 14.1 Å². The van der Waals surface area contributed by atoms with Crippen LogP contribution in [0, 0.1) is 0 Å². The summed E-state index contributed by atoms with van der Waals surface area (Å²) in [6.07, 6.45) is 1.72. The zero-order valence-corrected chi connectivity index (χ0v) is 16.4. The van der Waals surface area contributed by atoms with Crippen LogP contribution in [0.4, 0.5) is 0 Å². The van der Waals surface area contributed by atoms with Gasteiger partial charge in [0.25, 0.3) is 11.5 Å². The van der Waals surface area contributed by atoms with Gasteiger partial charge < -0.3 is 10.6 Å². The van der Waals surface area contributed by atoms with Crippen LogP contribution in [0.1, 0.15) is 30.3 Å². The first-order chi connectivity index (χ1) is 11.4. The van der Waals surface area contributed by atoms with Crippen LogP contribution < -0.4 is 21.9 Å². The number of hydrogen-bond donors (Lipinski definition) is 2. The zero-order chi connectivity index (χ0) is 17.4. The van der Waals surface area contributed by atoms with Crippen LogP contribution in [0.2, 0.25) is 0 Å². The highest BCUT2D eigenvalue weighted by Crippen LogP contribution is 2.10. The fraction of sp³-hybridized carbons (Fsp3) is 0.500. The van der Waals surface area contributed by atoms with E-state index in [1.54, 1.807) is 6.07 Å². The Bertz CT molecular complexity index is 924. The van der Waals surface area contributed by atoms with Gasteiger partial charge in [0.15, 0.2) is 0 Å². The average molecular weight is 404 g/mol. The van der Waals surface area contributed by atoms with Crippen molar-refractivity contribution in [3.63, 3.8) is 0 Å². The molecule has 0 bridgehead atoms. The molecule has 1 saturated heterocycles. The van der Waals surface area contributed by atoms with Gasteiger partial charge >= 0.3 is 5.69 Å². The lowest BCUT2D eigenvalue weighted by atomic mass is 10.0. The first kappa shape index (κ1) is 22.1. The van der Waals surface area contributed by atoms with Crippen molar-refractivity contribution in [2.75, 3.05) is 6.54 Å². The number of piperidine rings is 1. The van der Waals surface area contributed by atoms with E-state index in [9.17, 15) is 14.4 Å². The topological polar surface area (TPSA) is 98.0 Å². The number of aromatic nitrogens is 3. The highest BCUT2D eigenvalue weighted by atomic mass is 35.5. The Morgan fingerprint density at radius 2 is 1.92 bits per heavy atom. The molecule has 26 heavy (non-hydrogen) atoms. The van der Waals surface area contributed by atoms with Gasteiger partial charge in [-0.3, -0.25) is 18.7 Å². The first-order valence-electron chi connectivity index (χ1n) is 7.99. The van der Waals surface area contributed by atoms with Gasteiger partial charge in [0.05, 0.1) is 5.39 Å². The Morgan fingerprint density at radius 1 is 1.23 bits per heavy atom. The third kappa shape index (κ3) is 4.08. The van der Waals surface area contributed by atoms with Crippen LogP contribution >= 0.6 is 24.8 Å². The smallest absolute Gasteiger partial charge is 0.332 e. The van der Waals surface area contributed by atoms with Crippen LogP contribution in [0.5, 0.6) is 0 Å². The minimum atomic E-state index is -0.468. The number of carbonyl (C=O) groups excluding carboxylic acids is 1. The summed E-state index contributed by atoms with van der Waals surface area (Å²) < 4.78 is 2.31. The van der Waals surface area contributed by atoms with E-state index in [0.717, 1.165) is 24.0 Å². The van der Waals surface area contributed by atoms with Crippen molar-refractivity contribution in [2.24, 2.45) is 14.1 Å². The van der Waals surface area contributed by atoms with Crippen molar-refractivity contribution < 1.29 is 4.79 Å². The molecule has 3 rings (SSSR count). The van der Waals surface area contributed by atoms with Crippen LogP contribution in [-0.4, -0.2) is 38.7 Å². The summed E-state index contributed by atoms with van der Waals surface area (Å²) in [6, 6.07) is 3.52. The highest BCUT2D eigenvalue weighted by molar-refractivity contribution is 5.94. The lowest BCUT2D eigenvalue weighted by Crippen LogP contribution is -2.46. The van der Waals surface area contributed by atoms with E-state index in [2.05, 4.69) is 22.5 Å². The van der Waals surface area contributed by atoms with Crippen molar-refractivity contribution in [3.8, 4) is 0 Å². The van der Waals surface area contributed by atoms with E-state index in [1.165, 1.54) is 24.7 Å². The first-order valence-corrected chi connectivity index (χ1v) is 7.99. The standard InChI is InChI=1S/C16H21N5O3.2ClH/c1-9-8-10(6-7-17-9)18-14(22)12-5-4-11-13(19-12)20(2)16(24)21(3)15(11)23;;/h4-5,9-10,17H,6-8H2,1-3H3,(H,18,22);2*1H. The quantitative estimate of drug-likeness (QED) is 0.753. The van der Waals surface area contributed by atoms with E-state index < -0.39 is 11.2 Å². The Labute approximate surface area is 162 Å². The molecule has 1 aliphatic heterocycles. The van der Waals surface area contributed by atoms with Crippen molar-refractivity contribution in [1.82, 2.24) is 24.8 Å². The molecule has 10 heteroatoms. The number of nitrogens with zero attached hydrogens (tertiary/aromatic N) is 3. The summed E-state index contributed by atoms with van der Waals surface area (Å²) >= 11 is 0. The summed E-state index contributed by atoms with van der Waals surface area (Å²) in [5, 5.41) is 6.62. The molecule has 2 aromatic heterocycles. The lowest BCUT2D eigenvalue weighted by Gasteiger charge is -2.28. The van der Waals surface area contributed by atoms with Gasteiger partial charge in [-0.15, -0.1) is 24.8 Å². The second-order valence-corrected chi connectivity index (χ2v) is 6.32. The predicted octanol–water partition coefficient (Wildman–Crippen LogP) is 0.346. The molecule has 2 aromatic rings. The fourth-order valence-electron chi connectivity index (χ4n) is 3.10. The lowest BCUT2D eigenvalue weighted by molar-refractivity contribution is 0.0921. The van der Waals surface area contributed by atoms with Gasteiger partial charge in [0, 0.05) is 26.2 Å². The molecule has 1 fully saturated rings. The van der Waals surface area contributed by atoms with Crippen LogP contribution in [0.3, 0.4) is 0 Å². The molecule has 0 saturated carbocycles. The van der Waals surface area contributed by atoms with E-state index >= 15 is 0 Å². The molecular formula is C16H23Cl2N5O3. The Morgan fingerprint density at radius 3 is 2.58 bits per heavy atom. The molecule has 0 radical (unpaired) electrons. The number of amides is 1. The number of halogens is 2. The predicted molar refractivity (Wildman–Crippen MR) is 105 cm³/mol. The molecule has 1 aliphatic rings. The molecule has 8 nitrogen and oxygen atoms in total. The summed E-state index contributed by atoms with van der Waals surface area (Å²) in [6.45, 7) is 2.94. The third-order valence-electron chi connectivity index (χ3n) is 4.49. The maximum Gasteiger partial charge on any atom is 0.332 e. The molecule has 0 spiro atoms. The van der Waals surface area contributed by atoms with Gasteiger partial charge in [-0.2, -0.15) is 0 Å². The van der Waals surface area contributed by atoms with Crippen molar-refractivity contribution in [3.05, 3.63) is 38.7 Å². The molecule has 0 aromatic carbocycles. The highest BCUT2D eigenvalue weighted by Gasteiger charge is 2.21. The number of carbonyl (C=O) groups is 1. The number of hydrogen-bond acceptors (Lipinski definition) is 5. The minimum Gasteiger partial charge on any atom is -0.348 e. The van der Waals surface area contributed by atoms with Gasteiger partial charge in [-0.1, -0.05) is 0 Å². The average Bonchev–Trinajstić information content (AvgIpc) is 2.57. The minimum absolute atomic E-state index is 0. The number of rotatable bonds is 2.